The van der Waals surface area contributed by atoms with Crippen molar-refractivity contribution in [1.82, 2.24) is 15.6 Å². The summed E-state index contributed by atoms with van der Waals surface area (Å²) in [6, 6.07) is 2.95. The first-order valence-electron chi connectivity index (χ1n) is 4.49. The quantitative estimate of drug-likeness (QED) is 0.483. The van der Waals surface area contributed by atoms with Crippen LogP contribution in [0.25, 0.3) is 0 Å². The van der Waals surface area contributed by atoms with Crippen LogP contribution in [-0.4, -0.2) is 31.1 Å². The molecule has 0 fully saturated rings. The summed E-state index contributed by atoms with van der Waals surface area (Å²) in [6.45, 7) is 0. The zero-order valence-corrected chi connectivity index (χ0v) is 9.02. The molecule has 0 saturated carbocycles. The van der Waals surface area contributed by atoms with Crippen LogP contribution < -0.4 is 21.1 Å². The predicted molar refractivity (Wildman–Crippen MR) is 59.7 cm³/mol. The van der Waals surface area contributed by atoms with E-state index < -0.39 is 6.03 Å². The minimum atomic E-state index is -0.448. The number of nitrogens with zero attached hydrogens (tertiary/aromatic N) is 2. The van der Waals surface area contributed by atoms with Gasteiger partial charge >= 0.3 is 6.03 Å². The van der Waals surface area contributed by atoms with Gasteiger partial charge in [0.2, 0.25) is 5.96 Å². The number of hydrogen-bond donors (Lipinski definition) is 3. The monoisotopic (exact) mass is 223 g/mol. The second-order valence-corrected chi connectivity index (χ2v) is 2.73. The molecule has 0 aromatic carbocycles. The van der Waals surface area contributed by atoms with Crippen molar-refractivity contribution >= 4 is 17.8 Å². The van der Waals surface area contributed by atoms with Crippen molar-refractivity contribution < 1.29 is 9.53 Å². The number of pyridine rings is 1. The molecule has 7 nitrogen and oxygen atoms in total. The summed E-state index contributed by atoms with van der Waals surface area (Å²) in [5, 5.41) is 4.66. The summed E-state index contributed by atoms with van der Waals surface area (Å²) in [6.07, 6.45) is 1.55. The summed E-state index contributed by atoms with van der Waals surface area (Å²) in [5.41, 5.74) is 5.49. The van der Waals surface area contributed by atoms with E-state index in [1.807, 2.05) is 0 Å². The molecule has 1 aromatic heterocycles. The molecule has 0 unspecified atom stereocenters. The summed E-state index contributed by atoms with van der Waals surface area (Å²) in [5.74, 6) is 0.722. The van der Waals surface area contributed by atoms with E-state index in [0.29, 0.717) is 11.6 Å². The third-order valence-corrected chi connectivity index (χ3v) is 1.67. The summed E-state index contributed by atoms with van der Waals surface area (Å²) in [4.78, 5) is 18.8. The third-order valence-electron chi connectivity index (χ3n) is 1.67. The number of urea groups is 1. The van der Waals surface area contributed by atoms with E-state index in [-0.39, 0.29) is 5.96 Å². The number of carbonyl (C=O) groups is 1. The zero-order chi connectivity index (χ0) is 12.0. The van der Waals surface area contributed by atoms with Crippen molar-refractivity contribution in [3.63, 3.8) is 0 Å². The first-order chi connectivity index (χ1) is 7.67. The van der Waals surface area contributed by atoms with Crippen LogP contribution in [-0.2, 0) is 0 Å². The number of ether oxygens (including phenoxy) is 1. The molecule has 4 N–H and O–H groups in total. The van der Waals surface area contributed by atoms with Crippen LogP contribution in [0.4, 0.5) is 10.6 Å². The van der Waals surface area contributed by atoms with Crippen LogP contribution in [0.1, 0.15) is 0 Å². The smallest absolute Gasteiger partial charge is 0.321 e. The lowest BCUT2D eigenvalue weighted by Gasteiger charge is -2.05. The van der Waals surface area contributed by atoms with Gasteiger partial charge < -0.3 is 15.8 Å². The maximum absolute atomic E-state index is 10.9. The number of amides is 2. The fourth-order valence-electron chi connectivity index (χ4n) is 0.946. The topological polar surface area (TPSA) is 102 Å². The number of guanidine groups is 1. The fourth-order valence-corrected chi connectivity index (χ4v) is 0.946. The number of aromatic nitrogens is 1. The van der Waals surface area contributed by atoms with E-state index in [9.17, 15) is 4.79 Å². The van der Waals surface area contributed by atoms with Crippen LogP contribution in [0.5, 0.6) is 5.75 Å². The summed E-state index contributed by atoms with van der Waals surface area (Å²) in [7, 11) is 2.97. The SMILES string of the molecule is CNC(=O)N/C(N)=N/c1ncccc1OC. The van der Waals surface area contributed by atoms with E-state index in [0.717, 1.165) is 0 Å². The van der Waals surface area contributed by atoms with Gasteiger partial charge in [-0.2, -0.15) is 4.99 Å². The lowest BCUT2D eigenvalue weighted by molar-refractivity contribution is 0.247. The number of nitrogens with two attached hydrogens (primary N) is 1. The van der Waals surface area contributed by atoms with Crippen LogP contribution in [0.2, 0.25) is 0 Å². The Kier molecular flexibility index (Phi) is 4.07. The van der Waals surface area contributed by atoms with Crippen LogP contribution in [0, 0.1) is 0 Å². The van der Waals surface area contributed by atoms with E-state index in [4.69, 9.17) is 10.5 Å². The standard InChI is InChI=1S/C9H13N5O2/c1-11-9(15)14-8(10)13-7-6(16-2)4-3-5-12-7/h3-5H,1-2H3,(H4,10,11,12,13,14,15). The van der Waals surface area contributed by atoms with Gasteiger partial charge in [0, 0.05) is 13.2 Å². The Bertz CT molecular complexity index is 405. The molecule has 0 aliphatic rings. The van der Waals surface area contributed by atoms with Crippen molar-refractivity contribution in [3.8, 4) is 5.75 Å². The molecule has 0 radical (unpaired) electrons. The van der Waals surface area contributed by atoms with Crippen molar-refractivity contribution in [2.75, 3.05) is 14.2 Å². The highest BCUT2D eigenvalue weighted by molar-refractivity contribution is 5.96. The van der Waals surface area contributed by atoms with Gasteiger partial charge in [-0.25, -0.2) is 9.78 Å². The molecule has 0 bridgehead atoms. The highest BCUT2D eigenvalue weighted by Crippen LogP contribution is 2.22. The van der Waals surface area contributed by atoms with Gasteiger partial charge in [-0.3, -0.25) is 5.32 Å². The van der Waals surface area contributed by atoms with Crippen LogP contribution in [0.3, 0.4) is 0 Å². The highest BCUT2D eigenvalue weighted by Gasteiger charge is 2.04. The Hall–Kier alpha value is -2.31. The fraction of sp³-hybridized carbons (Fsp3) is 0.222. The number of rotatable bonds is 2. The second kappa shape index (κ2) is 5.54. The summed E-state index contributed by atoms with van der Waals surface area (Å²) >= 11 is 0. The number of aliphatic imine (C=N–C) groups is 1. The van der Waals surface area contributed by atoms with E-state index in [1.165, 1.54) is 14.2 Å². The average molecular weight is 223 g/mol. The predicted octanol–water partition coefficient (Wildman–Crippen LogP) is -0.0346. The minimum Gasteiger partial charge on any atom is -0.493 e. The summed E-state index contributed by atoms with van der Waals surface area (Å²) < 4.78 is 5.02. The van der Waals surface area contributed by atoms with Gasteiger partial charge in [-0.1, -0.05) is 0 Å². The highest BCUT2D eigenvalue weighted by atomic mass is 16.5. The van der Waals surface area contributed by atoms with Gasteiger partial charge in [-0.05, 0) is 12.1 Å². The van der Waals surface area contributed by atoms with Gasteiger partial charge in [0.15, 0.2) is 11.6 Å². The van der Waals surface area contributed by atoms with Crippen LogP contribution >= 0.6 is 0 Å². The molecular formula is C9H13N5O2. The van der Waals surface area contributed by atoms with Gasteiger partial charge in [0.1, 0.15) is 0 Å². The lowest BCUT2D eigenvalue weighted by Crippen LogP contribution is -2.41. The molecule has 86 valence electrons. The van der Waals surface area contributed by atoms with Crippen molar-refractivity contribution in [2.45, 2.75) is 0 Å². The van der Waals surface area contributed by atoms with Crippen LogP contribution in [0.15, 0.2) is 23.3 Å². The molecule has 1 aromatic rings. The van der Waals surface area contributed by atoms with E-state index >= 15 is 0 Å². The second-order valence-electron chi connectivity index (χ2n) is 2.73. The molecule has 0 aliphatic carbocycles. The minimum absolute atomic E-state index is 0.0589. The number of nitrogens with one attached hydrogen (secondary N) is 2. The van der Waals surface area contributed by atoms with E-state index in [1.54, 1.807) is 18.3 Å². The Balaban J connectivity index is 2.85. The number of hydrogen-bond acceptors (Lipinski definition) is 4. The molecule has 16 heavy (non-hydrogen) atoms. The van der Waals surface area contributed by atoms with E-state index in [2.05, 4.69) is 20.6 Å². The zero-order valence-electron chi connectivity index (χ0n) is 9.02. The molecule has 0 spiro atoms. The van der Waals surface area contributed by atoms with Gasteiger partial charge in [0.25, 0.3) is 0 Å². The maximum atomic E-state index is 10.9. The molecule has 0 atom stereocenters. The molecule has 0 saturated heterocycles. The third kappa shape index (κ3) is 3.12. The first kappa shape index (κ1) is 11.8. The lowest BCUT2D eigenvalue weighted by atomic mass is 10.4. The largest absolute Gasteiger partial charge is 0.493 e. The molecule has 0 aliphatic heterocycles. The molecular weight excluding hydrogens is 210 g/mol. The average Bonchev–Trinajstić information content (AvgIpc) is 2.29. The molecule has 1 heterocycles. The Morgan fingerprint density at radius 3 is 3.00 bits per heavy atom. The number of methoxy groups -OCH3 is 1. The maximum Gasteiger partial charge on any atom is 0.321 e. The van der Waals surface area contributed by atoms with Crippen molar-refractivity contribution in [1.29, 1.82) is 0 Å². The van der Waals surface area contributed by atoms with Crippen molar-refractivity contribution in [3.05, 3.63) is 18.3 Å². The Morgan fingerprint density at radius 2 is 2.38 bits per heavy atom. The first-order valence-corrected chi connectivity index (χ1v) is 4.49. The number of carbonyl (C=O) groups excluding carboxylic acids is 1. The Labute approximate surface area is 92.7 Å². The van der Waals surface area contributed by atoms with Gasteiger partial charge in [-0.15, -0.1) is 0 Å². The normalized spacial score (nSPS) is 10.8. The molecule has 2 amide bonds. The molecule has 1 rings (SSSR count). The van der Waals surface area contributed by atoms with Gasteiger partial charge in [0.05, 0.1) is 7.11 Å². The Morgan fingerprint density at radius 1 is 1.62 bits per heavy atom. The van der Waals surface area contributed by atoms with Crippen molar-refractivity contribution in [2.24, 2.45) is 10.7 Å². The molecule has 7 heteroatoms.